The summed E-state index contributed by atoms with van der Waals surface area (Å²) in [5, 5.41) is 0. The highest BCUT2D eigenvalue weighted by Crippen LogP contribution is 2.37. The maximum absolute atomic E-state index is 13.0. The van der Waals surface area contributed by atoms with Crippen molar-refractivity contribution in [2.24, 2.45) is 4.99 Å². The number of hydrogen-bond acceptors (Lipinski definition) is 5. The Labute approximate surface area is 164 Å². The third-order valence-corrected chi connectivity index (χ3v) is 4.31. The van der Waals surface area contributed by atoms with Gasteiger partial charge in [-0.05, 0) is 70.4 Å². The van der Waals surface area contributed by atoms with Crippen LogP contribution >= 0.6 is 15.9 Å². The smallest absolute Gasteiger partial charge is 0.363 e. The summed E-state index contributed by atoms with van der Waals surface area (Å²) < 4.78 is 30.0. The summed E-state index contributed by atoms with van der Waals surface area (Å²) in [6.45, 7) is 2.58. The van der Waals surface area contributed by atoms with E-state index >= 15 is 0 Å². The summed E-state index contributed by atoms with van der Waals surface area (Å²) in [7, 11) is 1.55. The number of carbonyl (C=O) groups is 1. The van der Waals surface area contributed by atoms with Crippen LogP contribution in [0.1, 0.15) is 24.5 Å². The van der Waals surface area contributed by atoms with Crippen molar-refractivity contribution in [3.8, 4) is 11.5 Å². The second kappa shape index (κ2) is 8.35. The lowest BCUT2D eigenvalue weighted by Gasteiger charge is -2.13. The van der Waals surface area contributed by atoms with E-state index in [2.05, 4.69) is 20.9 Å². The number of hydrogen-bond donors (Lipinski definition) is 0. The lowest BCUT2D eigenvalue weighted by Crippen LogP contribution is -2.05. The molecule has 0 saturated heterocycles. The van der Waals surface area contributed by atoms with Gasteiger partial charge in [0.2, 0.25) is 5.90 Å². The summed E-state index contributed by atoms with van der Waals surface area (Å²) in [4.78, 5) is 16.3. The van der Waals surface area contributed by atoms with Gasteiger partial charge in [0.25, 0.3) is 0 Å². The predicted octanol–water partition coefficient (Wildman–Crippen LogP) is 4.73. The minimum Gasteiger partial charge on any atom is -0.493 e. The SMILES string of the molecule is CCCOc1c(Br)cc(/C=C2/N=C(c3ccc(F)cc3)OC2=O)cc1OC. The van der Waals surface area contributed by atoms with E-state index in [1.807, 2.05) is 6.92 Å². The molecule has 5 nitrogen and oxygen atoms in total. The summed E-state index contributed by atoms with van der Waals surface area (Å²) >= 11 is 3.47. The van der Waals surface area contributed by atoms with Crippen molar-refractivity contribution in [1.82, 2.24) is 0 Å². The molecule has 7 heteroatoms. The molecule has 1 aliphatic heterocycles. The molecular weight excluding hydrogens is 417 g/mol. The van der Waals surface area contributed by atoms with Crippen molar-refractivity contribution in [2.45, 2.75) is 13.3 Å². The van der Waals surface area contributed by atoms with E-state index in [4.69, 9.17) is 14.2 Å². The Morgan fingerprint density at radius 2 is 2.00 bits per heavy atom. The van der Waals surface area contributed by atoms with E-state index in [1.165, 1.54) is 24.3 Å². The lowest BCUT2D eigenvalue weighted by atomic mass is 10.1. The number of aliphatic imine (C=N–C) groups is 1. The van der Waals surface area contributed by atoms with Gasteiger partial charge >= 0.3 is 5.97 Å². The molecule has 1 aliphatic rings. The van der Waals surface area contributed by atoms with Crippen LogP contribution in [-0.2, 0) is 9.53 Å². The van der Waals surface area contributed by atoms with Gasteiger partial charge in [0.05, 0.1) is 18.2 Å². The fourth-order valence-electron chi connectivity index (χ4n) is 2.45. The molecule has 27 heavy (non-hydrogen) atoms. The number of carbonyl (C=O) groups excluding carboxylic acids is 1. The van der Waals surface area contributed by atoms with Crippen molar-refractivity contribution in [3.05, 3.63) is 63.5 Å². The molecule has 0 spiro atoms. The molecule has 1 heterocycles. The molecular formula is C20H17BrFNO4. The van der Waals surface area contributed by atoms with Gasteiger partial charge in [-0.25, -0.2) is 14.2 Å². The van der Waals surface area contributed by atoms with Crippen molar-refractivity contribution in [3.63, 3.8) is 0 Å². The first kappa shape index (κ1) is 19.1. The molecule has 0 N–H and O–H groups in total. The number of esters is 1. The topological polar surface area (TPSA) is 57.1 Å². The molecule has 0 saturated carbocycles. The van der Waals surface area contributed by atoms with Crippen molar-refractivity contribution in [1.29, 1.82) is 0 Å². The molecule has 0 unspecified atom stereocenters. The van der Waals surface area contributed by atoms with E-state index < -0.39 is 5.97 Å². The van der Waals surface area contributed by atoms with Gasteiger partial charge in [-0.1, -0.05) is 6.92 Å². The number of cyclic esters (lactones) is 1. The number of benzene rings is 2. The molecule has 0 atom stereocenters. The Morgan fingerprint density at radius 1 is 1.26 bits per heavy atom. The minimum absolute atomic E-state index is 0.139. The van der Waals surface area contributed by atoms with Crippen LogP contribution in [-0.4, -0.2) is 25.6 Å². The van der Waals surface area contributed by atoms with Gasteiger partial charge in [0, 0.05) is 5.56 Å². The largest absolute Gasteiger partial charge is 0.493 e. The Hall–Kier alpha value is -2.67. The fraction of sp³-hybridized carbons (Fsp3) is 0.200. The summed E-state index contributed by atoms with van der Waals surface area (Å²) in [6, 6.07) is 9.13. The number of halogens is 2. The summed E-state index contributed by atoms with van der Waals surface area (Å²) in [5.41, 5.74) is 1.36. The minimum atomic E-state index is -0.573. The second-order valence-electron chi connectivity index (χ2n) is 5.73. The molecule has 0 fully saturated rings. The van der Waals surface area contributed by atoms with E-state index in [1.54, 1.807) is 25.3 Å². The Bertz CT molecular complexity index is 922. The summed E-state index contributed by atoms with van der Waals surface area (Å²) in [5.74, 6) is 0.336. The second-order valence-corrected chi connectivity index (χ2v) is 6.58. The molecule has 2 aromatic carbocycles. The molecule has 2 aromatic rings. The van der Waals surface area contributed by atoms with E-state index in [9.17, 15) is 9.18 Å². The number of nitrogens with zero attached hydrogens (tertiary/aromatic N) is 1. The number of ether oxygens (including phenoxy) is 3. The van der Waals surface area contributed by atoms with Crippen molar-refractivity contribution in [2.75, 3.05) is 13.7 Å². The van der Waals surface area contributed by atoms with Crippen LogP contribution in [0.15, 0.2) is 51.6 Å². The van der Waals surface area contributed by atoms with Crippen LogP contribution in [0, 0.1) is 5.82 Å². The first-order valence-electron chi connectivity index (χ1n) is 8.30. The van der Waals surface area contributed by atoms with E-state index in [0.29, 0.717) is 33.7 Å². The average molecular weight is 434 g/mol. The third kappa shape index (κ3) is 4.36. The monoisotopic (exact) mass is 433 g/mol. The summed E-state index contributed by atoms with van der Waals surface area (Å²) in [6.07, 6.45) is 2.46. The van der Waals surface area contributed by atoms with Gasteiger partial charge in [0.1, 0.15) is 5.82 Å². The third-order valence-electron chi connectivity index (χ3n) is 3.72. The molecule has 140 valence electrons. The number of rotatable bonds is 6. The van der Waals surface area contributed by atoms with Crippen LogP contribution < -0.4 is 9.47 Å². The van der Waals surface area contributed by atoms with Gasteiger partial charge in [-0.15, -0.1) is 0 Å². The zero-order valence-corrected chi connectivity index (χ0v) is 16.4. The van der Waals surface area contributed by atoms with Crippen LogP contribution in [0.5, 0.6) is 11.5 Å². The first-order chi connectivity index (χ1) is 13.0. The van der Waals surface area contributed by atoms with Crippen molar-refractivity contribution < 1.29 is 23.4 Å². The van der Waals surface area contributed by atoms with Crippen LogP contribution in [0.4, 0.5) is 4.39 Å². The highest BCUT2D eigenvalue weighted by Gasteiger charge is 2.24. The average Bonchev–Trinajstić information content (AvgIpc) is 3.01. The quantitative estimate of drug-likeness (QED) is 0.487. The maximum atomic E-state index is 13.0. The normalized spacial score (nSPS) is 14.9. The first-order valence-corrected chi connectivity index (χ1v) is 9.10. The predicted molar refractivity (Wildman–Crippen MR) is 103 cm³/mol. The molecule has 3 rings (SSSR count). The zero-order valence-electron chi connectivity index (χ0n) is 14.8. The fourth-order valence-corrected chi connectivity index (χ4v) is 3.02. The molecule has 0 radical (unpaired) electrons. The van der Waals surface area contributed by atoms with Crippen molar-refractivity contribution >= 4 is 33.9 Å². The van der Waals surface area contributed by atoms with E-state index in [0.717, 1.165) is 6.42 Å². The van der Waals surface area contributed by atoms with Crippen LogP contribution in [0.2, 0.25) is 0 Å². The molecule has 0 aromatic heterocycles. The zero-order chi connectivity index (χ0) is 19.4. The Balaban J connectivity index is 1.92. The maximum Gasteiger partial charge on any atom is 0.363 e. The Morgan fingerprint density at radius 3 is 2.67 bits per heavy atom. The van der Waals surface area contributed by atoms with Gasteiger partial charge in [0.15, 0.2) is 17.2 Å². The standard InChI is InChI=1S/C20H17BrFNO4/c1-3-8-26-18-15(21)9-12(11-17(18)25-2)10-16-20(24)27-19(23-16)13-4-6-14(22)7-5-13/h4-7,9-11H,3,8H2,1-2H3/b16-10+. The van der Waals surface area contributed by atoms with Gasteiger partial charge in [-0.2, -0.15) is 0 Å². The molecule has 0 bridgehead atoms. The van der Waals surface area contributed by atoms with Crippen LogP contribution in [0.25, 0.3) is 6.08 Å². The molecule has 0 aliphatic carbocycles. The van der Waals surface area contributed by atoms with E-state index in [-0.39, 0.29) is 17.4 Å². The van der Waals surface area contributed by atoms with Gasteiger partial charge < -0.3 is 14.2 Å². The number of methoxy groups -OCH3 is 1. The highest BCUT2D eigenvalue weighted by molar-refractivity contribution is 9.10. The molecule has 0 amide bonds. The Kier molecular flexibility index (Phi) is 5.91. The van der Waals surface area contributed by atoms with Crippen LogP contribution in [0.3, 0.4) is 0 Å². The highest BCUT2D eigenvalue weighted by atomic mass is 79.9. The van der Waals surface area contributed by atoms with Gasteiger partial charge in [-0.3, -0.25) is 0 Å². The lowest BCUT2D eigenvalue weighted by molar-refractivity contribution is -0.129.